The molecule has 26 heavy (non-hydrogen) atoms. The highest BCUT2D eigenvalue weighted by Gasteiger charge is 2.25. The Hall–Kier alpha value is -3.02. The molecule has 0 radical (unpaired) electrons. The second-order valence-corrected chi connectivity index (χ2v) is 6.53. The summed E-state index contributed by atoms with van der Waals surface area (Å²) in [5.74, 6) is 1.52. The smallest absolute Gasteiger partial charge is 0.257 e. The van der Waals surface area contributed by atoms with Crippen LogP contribution in [0.1, 0.15) is 36.9 Å². The third-order valence-corrected chi connectivity index (χ3v) is 4.46. The van der Waals surface area contributed by atoms with Crippen molar-refractivity contribution in [2.75, 3.05) is 0 Å². The molecule has 0 aliphatic carbocycles. The van der Waals surface area contributed by atoms with E-state index in [0.717, 1.165) is 11.3 Å². The zero-order valence-electron chi connectivity index (χ0n) is 15.2. The summed E-state index contributed by atoms with van der Waals surface area (Å²) in [5.41, 5.74) is 1.32. The molecular formula is C20H22N4O2. The van der Waals surface area contributed by atoms with Crippen LogP contribution < -0.4 is 0 Å². The molecule has 0 aliphatic rings. The molecule has 1 amide bonds. The van der Waals surface area contributed by atoms with Crippen LogP contribution in [0.2, 0.25) is 0 Å². The Bertz CT molecular complexity index is 830. The highest BCUT2D eigenvalue weighted by atomic mass is 16.3. The fourth-order valence-corrected chi connectivity index (χ4v) is 2.59. The lowest BCUT2D eigenvalue weighted by molar-refractivity contribution is 0.0610. The average molecular weight is 350 g/mol. The Morgan fingerprint density at radius 2 is 1.81 bits per heavy atom. The number of carbonyl (C=O) groups excluding carboxylic acids is 1. The molecule has 0 spiro atoms. The van der Waals surface area contributed by atoms with E-state index in [9.17, 15) is 4.79 Å². The fraction of sp³-hybridized carbons (Fsp3) is 0.300. The summed E-state index contributed by atoms with van der Waals surface area (Å²) in [6.45, 7) is 6.64. The number of nitrogens with zero attached hydrogens (tertiary/aromatic N) is 4. The Morgan fingerprint density at radius 3 is 2.38 bits per heavy atom. The van der Waals surface area contributed by atoms with Crippen LogP contribution in [0.25, 0.3) is 11.4 Å². The fourth-order valence-electron chi connectivity index (χ4n) is 2.59. The van der Waals surface area contributed by atoms with Crippen molar-refractivity contribution >= 4 is 5.91 Å². The van der Waals surface area contributed by atoms with Crippen LogP contribution in [0.15, 0.2) is 59.7 Å². The quantitative estimate of drug-likeness (QED) is 0.676. The number of hydrogen-bond donors (Lipinski definition) is 0. The topological polar surface area (TPSA) is 72.1 Å². The zero-order chi connectivity index (χ0) is 18.5. The van der Waals surface area contributed by atoms with Gasteiger partial charge in [-0.15, -0.1) is 0 Å². The van der Waals surface area contributed by atoms with Crippen LogP contribution in [0.5, 0.6) is 0 Å². The third kappa shape index (κ3) is 3.96. The molecule has 3 rings (SSSR count). The first-order valence-electron chi connectivity index (χ1n) is 8.62. The van der Waals surface area contributed by atoms with Gasteiger partial charge in [-0.1, -0.05) is 13.8 Å². The summed E-state index contributed by atoms with van der Waals surface area (Å²) < 4.78 is 5.43. The maximum absolute atomic E-state index is 13.1. The molecule has 3 aromatic heterocycles. The highest BCUT2D eigenvalue weighted by Crippen LogP contribution is 2.19. The lowest BCUT2D eigenvalue weighted by Gasteiger charge is -2.31. The number of pyridine rings is 1. The van der Waals surface area contributed by atoms with Crippen LogP contribution in [0.4, 0.5) is 0 Å². The molecule has 0 N–H and O–H groups in total. The molecule has 0 saturated heterocycles. The monoisotopic (exact) mass is 350 g/mol. The van der Waals surface area contributed by atoms with E-state index in [1.165, 1.54) is 0 Å². The van der Waals surface area contributed by atoms with E-state index in [4.69, 9.17) is 4.42 Å². The van der Waals surface area contributed by atoms with E-state index >= 15 is 0 Å². The number of hydrogen-bond acceptors (Lipinski definition) is 5. The Kier molecular flexibility index (Phi) is 5.41. The van der Waals surface area contributed by atoms with Crippen LogP contribution in [0, 0.1) is 5.92 Å². The van der Waals surface area contributed by atoms with Gasteiger partial charge in [-0.05, 0) is 37.1 Å². The molecule has 3 heterocycles. The highest BCUT2D eigenvalue weighted by molar-refractivity contribution is 5.94. The van der Waals surface area contributed by atoms with E-state index in [-0.39, 0.29) is 11.9 Å². The van der Waals surface area contributed by atoms with Crippen LogP contribution in [-0.2, 0) is 6.54 Å². The zero-order valence-corrected chi connectivity index (χ0v) is 15.2. The van der Waals surface area contributed by atoms with Gasteiger partial charge in [0.25, 0.3) is 5.91 Å². The molecule has 6 nitrogen and oxygen atoms in total. The summed E-state index contributed by atoms with van der Waals surface area (Å²) in [6.07, 6.45) is 8.14. The molecule has 0 fully saturated rings. The molecule has 0 aliphatic heterocycles. The van der Waals surface area contributed by atoms with Gasteiger partial charge in [-0.25, -0.2) is 9.97 Å². The predicted molar refractivity (Wildman–Crippen MR) is 98.1 cm³/mol. The molecule has 6 heteroatoms. The summed E-state index contributed by atoms with van der Waals surface area (Å²) >= 11 is 0. The molecule has 0 bridgehead atoms. The van der Waals surface area contributed by atoms with E-state index in [1.807, 2.05) is 31.2 Å². The first-order valence-corrected chi connectivity index (χ1v) is 8.62. The van der Waals surface area contributed by atoms with Crippen LogP contribution in [-0.4, -0.2) is 31.8 Å². The average Bonchev–Trinajstić information content (AvgIpc) is 3.19. The standard InChI is InChI=1S/C20H22N4O2/c1-14(2)15(3)24(13-18-5-4-10-26-18)20(25)17-11-22-19(23-12-17)16-6-8-21-9-7-16/h4-12,14-15H,13H2,1-3H3/t15-/m1/s1. The molecule has 134 valence electrons. The first kappa shape index (κ1) is 17.8. The summed E-state index contributed by atoms with van der Waals surface area (Å²) in [6, 6.07) is 7.41. The predicted octanol–water partition coefficient (Wildman–Crippen LogP) is 3.82. The van der Waals surface area contributed by atoms with Gasteiger partial charge in [0.15, 0.2) is 5.82 Å². The van der Waals surface area contributed by atoms with Gasteiger partial charge in [0.1, 0.15) is 5.76 Å². The van der Waals surface area contributed by atoms with Crippen molar-refractivity contribution < 1.29 is 9.21 Å². The molecule has 0 unspecified atom stereocenters. The maximum Gasteiger partial charge on any atom is 0.257 e. The minimum Gasteiger partial charge on any atom is -0.467 e. The molecule has 3 aromatic rings. The van der Waals surface area contributed by atoms with E-state index < -0.39 is 0 Å². The van der Waals surface area contributed by atoms with Crippen molar-refractivity contribution in [2.45, 2.75) is 33.4 Å². The number of amides is 1. The van der Waals surface area contributed by atoms with Gasteiger partial charge in [0, 0.05) is 36.4 Å². The third-order valence-electron chi connectivity index (χ3n) is 4.46. The van der Waals surface area contributed by atoms with Gasteiger partial charge >= 0.3 is 0 Å². The molecular weight excluding hydrogens is 328 g/mol. The van der Waals surface area contributed by atoms with E-state index in [2.05, 4.69) is 28.8 Å². The number of rotatable bonds is 6. The number of carbonyl (C=O) groups is 1. The van der Waals surface area contributed by atoms with Crippen molar-refractivity contribution in [3.8, 4) is 11.4 Å². The minimum atomic E-state index is -0.108. The van der Waals surface area contributed by atoms with Gasteiger partial charge in [0.05, 0.1) is 18.4 Å². The normalized spacial score (nSPS) is 12.2. The van der Waals surface area contributed by atoms with Gasteiger partial charge < -0.3 is 9.32 Å². The Morgan fingerprint density at radius 1 is 1.12 bits per heavy atom. The van der Waals surface area contributed by atoms with Crippen molar-refractivity contribution in [1.29, 1.82) is 0 Å². The van der Waals surface area contributed by atoms with Crippen molar-refractivity contribution in [3.63, 3.8) is 0 Å². The van der Waals surface area contributed by atoms with Gasteiger partial charge in [-0.3, -0.25) is 9.78 Å². The largest absolute Gasteiger partial charge is 0.467 e. The van der Waals surface area contributed by atoms with Crippen molar-refractivity contribution in [1.82, 2.24) is 19.9 Å². The summed E-state index contributed by atoms with van der Waals surface area (Å²) in [5, 5.41) is 0. The van der Waals surface area contributed by atoms with E-state index in [0.29, 0.717) is 23.9 Å². The molecule has 1 atom stereocenters. The summed E-state index contributed by atoms with van der Waals surface area (Å²) in [7, 11) is 0. The SMILES string of the molecule is CC(C)[C@@H](C)N(Cc1ccco1)C(=O)c1cnc(-c2ccncc2)nc1. The molecule has 0 saturated carbocycles. The minimum absolute atomic E-state index is 0.0486. The van der Waals surface area contributed by atoms with Crippen molar-refractivity contribution in [2.24, 2.45) is 5.92 Å². The van der Waals surface area contributed by atoms with Crippen LogP contribution >= 0.6 is 0 Å². The second kappa shape index (κ2) is 7.91. The van der Waals surface area contributed by atoms with Crippen LogP contribution in [0.3, 0.4) is 0 Å². The Labute approximate surface area is 152 Å². The first-order chi connectivity index (χ1) is 12.6. The second-order valence-electron chi connectivity index (χ2n) is 6.53. The van der Waals surface area contributed by atoms with Gasteiger partial charge in [0.2, 0.25) is 0 Å². The van der Waals surface area contributed by atoms with Gasteiger partial charge in [-0.2, -0.15) is 0 Å². The lowest BCUT2D eigenvalue weighted by Crippen LogP contribution is -2.41. The van der Waals surface area contributed by atoms with E-state index in [1.54, 1.807) is 36.0 Å². The summed E-state index contributed by atoms with van der Waals surface area (Å²) in [4.78, 5) is 27.5. The van der Waals surface area contributed by atoms with Crippen molar-refractivity contribution in [3.05, 3.63) is 66.6 Å². The number of aromatic nitrogens is 3. The Balaban J connectivity index is 1.84. The number of furan rings is 1. The molecule has 0 aromatic carbocycles. The maximum atomic E-state index is 13.1. The lowest BCUT2D eigenvalue weighted by atomic mass is 10.0.